The highest BCUT2D eigenvalue weighted by Crippen LogP contribution is 2.51. The van der Waals surface area contributed by atoms with Crippen LogP contribution in [0.2, 0.25) is 20.2 Å². The normalized spacial score (nSPS) is 15.8. The van der Waals surface area contributed by atoms with E-state index in [2.05, 4.69) is 4.98 Å². The number of ketones is 1. The first-order valence-electron chi connectivity index (χ1n) is 10.7. The van der Waals surface area contributed by atoms with E-state index in [0.29, 0.717) is 10.7 Å². The van der Waals surface area contributed by atoms with Crippen LogP contribution in [-0.2, 0) is 5.41 Å². The number of carbonyl (C=O) groups is 1. The van der Waals surface area contributed by atoms with Crippen molar-refractivity contribution >= 4 is 58.3 Å². The largest absolute Gasteiger partial charge is 0.399 e. The molecular weight excluding hydrogens is 560 g/mol. The van der Waals surface area contributed by atoms with Crippen LogP contribution in [0.5, 0.6) is 0 Å². The summed E-state index contributed by atoms with van der Waals surface area (Å²) in [4.78, 5) is 17.1. The van der Waals surface area contributed by atoms with Gasteiger partial charge in [-0.2, -0.15) is 13.2 Å². The molecule has 1 aromatic heterocycles. The molecule has 1 fully saturated rings. The maximum atomic E-state index is 13.7. The van der Waals surface area contributed by atoms with Crippen molar-refractivity contribution in [2.24, 2.45) is 0 Å². The molecule has 1 heterocycles. The lowest BCUT2D eigenvalue weighted by Crippen LogP contribution is -2.19. The first kappa shape index (κ1) is 26.9. The number of allylic oxidation sites excluding steroid dienone is 1. The van der Waals surface area contributed by atoms with E-state index in [1.54, 1.807) is 12.3 Å². The SMILES string of the molecule is O=C(CC1(c2ccc(Cl)nc2)CC1)c1ccc(/C=C/C(c2cc(Cl)c(F)c(Cl)c2)C(F)(F)F)cc1Cl. The number of rotatable bonds is 7. The van der Waals surface area contributed by atoms with Crippen molar-refractivity contribution in [3.8, 4) is 0 Å². The minimum Gasteiger partial charge on any atom is -0.294 e. The molecular formula is C26H17Cl4F4NO. The van der Waals surface area contributed by atoms with Crippen molar-refractivity contribution in [3.05, 3.63) is 103 Å². The van der Waals surface area contributed by atoms with Gasteiger partial charge in [-0.15, -0.1) is 0 Å². The third kappa shape index (κ3) is 5.88. The highest BCUT2D eigenvalue weighted by atomic mass is 35.5. The number of hydrogen-bond acceptors (Lipinski definition) is 2. The van der Waals surface area contributed by atoms with Gasteiger partial charge in [0.05, 0.1) is 21.0 Å². The van der Waals surface area contributed by atoms with Crippen molar-refractivity contribution < 1.29 is 22.4 Å². The van der Waals surface area contributed by atoms with Gasteiger partial charge in [-0.1, -0.05) is 70.7 Å². The zero-order chi connectivity index (χ0) is 26.3. The zero-order valence-electron chi connectivity index (χ0n) is 18.4. The van der Waals surface area contributed by atoms with Gasteiger partial charge in [0, 0.05) is 23.6 Å². The summed E-state index contributed by atoms with van der Waals surface area (Å²) in [6, 6.07) is 9.74. The van der Waals surface area contributed by atoms with E-state index in [-0.39, 0.29) is 33.8 Å². The van der Waals surface area contributed by atoms with Crippen molar-refractivity contribution in [1.82, 2.24) is 4.98 Å². The summed E-state index contributed by atoms with van der Waals surface area (Å²) in [7, 11) is 0. The van der Waals surface area contributed by atoms with Crippen molar-refractivity contribution in [2.45, 2.75) is 36.8 Å². The van der Waals surface area contributed by atoms with E-state index >= 15 is 0 Å². The Labute approximate surface area is 224 Å². The minimum absolute atomic E-state index is 0.128. The predicted octanol–water partition coefficient (Wildman–Crippen LogP) is 9.50. The first-order chi connectivity index (χ1) is 16.9. The monoisotopic (exact) mass is 575 g/mol. The van der Waals surface area contributed by atoms with E-state index in [9.17, 15) is 22.4 Å². The van der Waals surface area contributed by atoms with Crippen molar-refractivity contribution in [1.29, 1.82) is 0 Å². The Hall–Kier alpha value is -2.12. The van der Waals surface area contributed by atoms with Crippen LogP contribution in [0.25, 0.3) is 6.08 Å². The van der Waals surface area contributed by atoms with E-state index in [4.69, 9.17) is 46.4 Å². The number of alkyl halides is 3. The van der Waals surface area contributed by atoms with Crippen LogP contribution in [-0.4, -0.2) is 16.9 Å². The Morgan fingerprint density at radius 3 is 2.19 bits per heavy atom. The molecule has 0 radical (unpaired) electrons. The number of pyridine rings is 1. The van der Waals surface area contributed by atoms with E-state index in [0.717, 1.165) is 36.6 Å². The summed E-state index contributed by atoms with van der Waals surface area (Å²) in [6.07, 6.45) is 0.998. The molecule has 2 aromatic carbocycles. The molecule has 188 valence electrons. The highest BCUT2D eigenvalue weighted by molar-refractivity contribution is 6.35. The average molecular weight is 577 g/mol. The fourth-order valence-corrected chi connectivity index (χ4v) is 4.95. The molecule has 1 aliphatic rings. The zero-order valence-corrected chi connectivity index (χ0v) is 21.4. The van der Waals surface area contributed by atoms with Crippen LogP contribution in [0.15, 0.2) is 54.7 Å². The van der Waals surface area contributed by atoms with Crippen LogP contribution in [0.3, 0.4) is 0 Å². The number of carbonyl (C=O) groups excluding carboxylic acids is 1. The van der Waals surface area contributed by atoms with Gasteiger partial charge in [0.25, 0.3) is 0 Å². The Bertz CT molecular complexity index is 1310. The van der Waals surface area contributed by atoms with Crippen LogP contribution in [0.1, 0.15) is 52.2 Å². The Morgan fingerprint density at radius 1 is 1.00 bits per heavy atom. The number of benzene rings is 2. The molecule has 1 aliphatic carbocycles. The molecule has 1 unspecified atom stereocenters. The van der Waals surface area contributed by atoms with Crippen molar-refractivity contribution in [2.75, 3.05) is 0 Å². The van der Waals surface area contributed by atoms with Crippen molar-refractivity contribution in [3.63, 3.8) is 0 Å². The molecule has 1 atom stereocenters. The fraction of sp³-hybridized carbons (Fsp3) is 0.231. The molecule has 0 spiro atoms. The van der Waals surface area contributed by atoms with Crippen LogP contribution in [0, 0.1) is 5.82 Å². The highest BCUT2D eigenvalue weighted by Gasteiger charge is 2.46. The molecule has 10 heteroatoms. The summed E-state index contributed by atoms with van der Waals surface area (Å²) in [6.45, 7) is 0. The summed E-state index contributed by atoms with van der Waals surface area (Å²) in [5.74, 6) is -3.25. The summed E-state index contributed by atoms with van der Waals surface area (Å²) in [5, 5.41) is -0.516. The van der Waals surface area contributed by atoms with Crippen LogP contribution in [0.4, 0.5) is 17.6 Å². The topological polar surface area (TPSA) is 30.0 Å². The van der Waals surface area contributed by atoms with E-state index in [1.807, 2.05) is 6.07 Å². The Balaban J connectivity index is 1.54. The minimum atomic E-state index is -4.68. The molecule has 0 N–H and O–H groups in total. The predicted molar refractivity (Wildman–Crippen MR) is 135 cm³/mol. The lowest BCUT2D eigenvalue weighted by atomic mass is 9.89. The van der Waals surface area contributed by atoms with Crippen LogP contribution < -0.4 is 0 Å². The molecule has 0 saturated heterocycles. The quantitative estimate of drug-likeness (QED) is 0.121. The number of Topliss-reactive ketones (excluding diaryl/α,β-unsaturated/α-hetero) is 1. The standard InChI is InChI=1S/C26H17Cl4F4NO/c27-19-9-14(2-5-18(26(32,33)34)15-10-20(28)24(31)21(29)11-15)1-4-17(19)22(36)12-25(7-8-25)16-3-6-23(30)35-13-16/h1-6,9-11,13,18H,7-8,12H2/b5-2+. The van der Waals surface area contributed by atoms with E-state index < -0.39 is 28.0 Å². The van der Waals surface area contributed by atoms with Crippen LogP contribution >= 0.6 is 46.4 Å². The average Bonchev–Trinajstić information content (AvgIpc) is 3.57. The van der Waals surface area contributed by atoms with Gasteiger partial charge in [0.2, 0.25) is 0 Å². The smallest absolute Gasteiger partial charge is 0.294 e. The van der Waals surface area contributed by atoms with Gasteiger partial charge in [0.15, 0.2) is 11.6 Å². The summed E-state index contributed by atoms with van der Waals surface area (Å²) in [5.41, 5.74) is 0.947. The summed E-state index contributed by atoms with van der Waals surface area (Å²) < 4.78 is 54.9. The Kier molecular flexibility index (Phi) is 7.73. The first-order valence-corrected chi connectivity index (χ1v) is 12.2. The lowest BCUT2D eigenvalue weighted by molar-refractivity contribution is -0.139. The second-order valence-corrected chi connectivity index (χ2v) is 10.3. The van der Waals surface area contributed by atoms with Gasteiger partial charge in [-0.3, -0.25) is 4.79 Å². The van der Waals surface area contributed by atoms with Gasteiger partial charge < -0.3 is 0 Å². The Morgan fingerprint density at radius 2 is 1.67 bits per heavy atom. The number of nitrogens with zero attached hydrogens (tertiary/aromatic N) is 1. The molecule has 2 nitrogen and oxygen atoms in total. The molecule has 0 aliphatic heterocycles. The van der Waals surface area contributed by atoms with E-state index in [1.165, 1.54) is 24.3 Å². The lowest BCUT2D eigenvalue weighted by Gasteiger charge is -2.18. The molecule has 36 heavy (non-hydrogen) atoms. The molecule has 3 aromatic rings. The van der Waals surface area contributed by atoms with Gasteiger partial charge in [-0.25, -0.2) is 9.37 Å². The fourth-order valence-electron chi connectivity index (χ4n) is 4.04. The number of hydrogen-bond donors (Lipinski definition) is 0. The molecule has 4 rings (SSSR count). The third-order valence-corrected chi connectivity index (χ3v) is 7.27. The molecule has 0 bridgehead atoms. The third-order valence-electron chi connectivity index (χ3n) is 6.18. The van der Waals surface area contributed by atoms with Gasteiger partial charge >= 0.3 is 6.18 Å². The molecule has 1 saturated carbocycles. The molecule has 0 amide bonds. The number of aromatic nitrogens is 1. The number of halogens is 8. The maximum Gasteiger partial charge on any atom is 0.399 e. The summed E-state index contributed by atoms with van der Waals surface area (Å²) >= 11 is 23.6. The van der Waals surface area contributed by atoms with Gasteiger partial charge in [-0.05, 0) is 59.9 Å². The van der Waals surface area contributed by atoms with Gasteiger partial charge in [0.1, 0.15) is 5.15 Å². The maximum absolute atomic E-state index is 13.7. The second kappa shape index (κ2) is 10.3. The second-order valence-electron chi connectivity index (χ2n) is 8.67.